The number of hydrogen-bond acceptors (Lipinski definition) is 3. The first-order valence-corrected chi connectivity index (χ1v) is 7.03. The topological polar surface area (TPSA) is 61.2 Å². The molecular formula is C13H16N2O2S. The van der Waals surface area contributed by atoms with E-state index in [2.05, 4.69) is 6.58 Å². The van der Waals surface area contributed by atoms with Crippen LogP contribution in [0.25, 0.3) is 0 Å². The molecule has 96 valence electrons. The van der Waals surface area contributed by atoms with Crippen LogP contribution in [0.5, 0.6) is 0 Å². The van der Waals surface area contributed by atoms with Gasteiger partial charge in [-0.3, -0.25) is 0 Å². The molecule has 5 heteroatoms. The van der Waals surface area contributed by atoms with Gasteiger partial charge in [-0.1, -0.05) is 24.3 Å². The zero-order valence-corrected chi connectivity index (χ0v) is 11.4. The monoisotopic (exact) mass is 264 g/mol. The molecule has 0 saturated carbocycles. The first-order valence-electron chi connectivity index (χ1n) is 5.42. The highest BCUT2D eigenvalue weighted by atomic mass is 32.2. The van der Waals surface area contributed by atoms with E-state index in [-0.39, 0.29) is 5.75 Å². The maximum absolute atomic E-state index is 12.0. The lowest BCUT2D eigenvalue weighted by Gasteiger charge is -2.17. The van der Waals surface area contributed by atoms with Crippen LogP contribution < -0.4 is 0 Å². The van der Waals surface area contributed by atoms with Gasteiger partial charge in [0, 0.05) is 13.6 Å². The second kappa shape index (κ2) is 5.80. The average Bonchev–Trinajstić information content (AvgIpc) is 2.28. The SMILES string of the molecule is C=C(C)CN(C)S(=O)(=O)Cc1ccc(C#N)cc1. The van der Waals surface area contributed by atoms with Gasteiger partial charge >= 0.3 is 0 Å². The molecule has 0 N–H and O–H groups in total. The van der Waals surface area contributed by atoms with Crippen LogP contribution in [0.2, 0.25) is 0 Å². The highest BCUT2D eigenvalue weighted by Crippen LogP contribution is 2.11. The van der Waals surface area contributed by atoms with Gasteiger partial charge in [-0.2, -0.15) is 5.26 Å². The molecule has 0 radical (unpaired) electrons. The lowest BCUT2D eigenvalue weighted by molar-refractivity contribution is 0.492. The van der Waals surface area contributed by atoms with Crippen molar-refractivity contribution in [3.8, 4) is 6.07 Å². The Bertz CT molecular complexity index is 568. The van der Waals surface area contributed by atoms with Crippen molar-refractivity contribution in [3.63, 3.8) is 0 Å². The first-order chi connectivity index (χ1) is 8.35. The van der Waals surface area contributed by atoms with Gasteiger partial charge in [0.2, 0.25) is 10.0 Å². The van der Waals surface area contributed by atoms with E-state index in [0.717, 1.165) is 5.57 Å². The summed E-state index contributed by atoms with van der Waals surface area (Å²) in [7, 11) is -1.80. The third-order valence-corrected chi connectivity index (χ3v) is 4.18. The molecule has 0 heterocycles. The second-order valence-corrected chi connectivity index (χ2v) is 6.35. The molecule has 0 saturated heterocycles. The molecule has 0 aromatic heterocycles. The Hall–Kier alpha value is -1.64. The van der Waals surface area contributed by atoms with Crippen molar-refractivity contribution in [2.24, 2.45) is 0 Å². The summed E-state index contributed by atoms with van der Waals surface area (Å²) < 4.78 is 25.3. The van der Waals surface area contributed by atoms with E-state index < -0.39 is 10.0 Å². The molecule has 0 aliphatic rings. The Labute approximate surface area is 108 Å². The largest absolute Gasteiger partial charge is 0.218 e. The maximum atomic E-state index is 12.0. The van der Waals surface area contributed by atoms with Crippen molar-refractivity contribution in [2.45, 2.75) is 12.7 Å². The highest BCUT2D eigenvalue weighted by molar-refractivity contribution is 7.88. The zero-order chi connectivity index (χ0) is 13.8. The Morgan fingerprint density at radius 3 is 2.39 bits per heavy atom. The molecular weight excluding hydrogens is 248 g/mol. The van der Waals surface area contributed by atoms with Crippen LogP contribution in [-0.4, -0.2) is 26.3 Å². The first kappa shape index (κ1) is 14.4. The Balaban J connectivity index is 2.82. The molecule has 1 aromatic carbocycles. The molecule has 0 fully saturated rings. The molecule has 18 heavy (non-hydrogen) atoms. The van der Waals surface area contributed by atoms with Crippen molar-refractivity contribution < 1.29 is 8.42 Å². The lowest BCUT2D eigenvalue weighted by atomic mass is 10.2. The number of rotatable bonds is 5. The van der Waals surface area contributed by atoms with Gasteiger partial charge in [0.1, 0.15) is 0 Å². The minimum Gasteiger partial charge on any atom is -0.212 e. The summed E-state index contributed by atoms with van der Waals surface area (Å²) in [4.78, 5) is 0. The summed E-state index contributed by atoms with van der Waals surface area (Å²) >= 11 is 0. The predicted molar refractivity (Wildman–Crippen MR) is 71.2 cm³/mol. The molecule has 0 aliphatic heterocycles. The standard InChI is InChI=1S/C13H16N2O2S/c1-11(2)9-15(3)18(16,17)10-13-6-4-12(8-14)5-7-13/h4-7H,1,9-10H2,2-3H3. The van der Waals surface area contributed by atoms with Gasteiger partial charge in [0.25, 0.3) is 0 Å². The summed E-state index contributed by atoms with van der Waals surface area (Å²) in [6.45, 7) is 5.80. The Kier molecular flexibility index (Phi) is 4.65. The normalized spacial score (nSPS) is 11.2. The molecule has 0 amide bonds. The number of hydrogen-bond donors (Lipinski definition) is 0. The second-order valence-electron chi connectivity index (χ2n) is 4.28. The highest BCUT2D eigenvalue weighted by Gasteiger charge is 2.18. The van der Waals surface area contributed by atoms with E-state index in [1.54, 1.807) is 31.2 Å². The predicted octanol–water partition coefficient (Wildman–Crippen LogP) is 1.90. The van der Waals surface area contributed by atoms with E-state index in [9.17, 15) is 8.42 Å². The van der Waals surface area contributed by atoms with Crippen molar-refractivity contribution >= 4 is 10.0 Å². The molecule has 0 bridgehead atoms. The smallest absolute Gasteiger partial charge is 0.212 e. The Morgan fingerprint density at radius 2 is 1.94 bits per heavy atom. The quantitative estimate of drug-likeness (QED) is 0.763. The van der Waals surface area contributed by atoms with Crippen molar-refractivity contribution in [3.05, 3.63) is 47.5 Å². The van der Waals surface area contributed by atoms with E-state index in [1.165, 1.54) is 11.4 Å². The van der Waals surface area contributed by atoms with E-state index >= 15 is 0 Å². The van der Waals surface area contributed by atoms with Crippen molar-refractivity contribution in [2.75, 3.05) is 13.6 Å². The van der Waals surface area contributed by atoms with Crippen molar-refractivity contribution in [1.82, 2.24) is 4.31 Å². The van der Waals surface area contributed by atoms with Gasteiger partial charge in [0.15, 0.2) is 0 Å². The van der Waals surface area contributed by atoms with Crippen LogP contribution >= 0.6 is 0 Å². The fourth-order valence-electron chi connectivity index (χ4n) is 1.47. The summed E-state index contributed by atoms with van der Waals surface area (Å²) in [5, 5.41) is 8.66. The zero-order valence-electron chi connectivity index (χ0n) is 10.5. The van der Waals surface area contributed by atoms with Crippen LogP contribution in [0.3, 0.4) is 0 Å². The maximum Gasteiger partial charge on any atom is 0.218 e. The number of likely N-dealkylation sites (N-methyl/N-ethyl adjacent to an activating group) is 1. The molecule has 0 spiro atoms. The molecule has 1 rings (SSSR count). The van der Waals surface area contributed by atoms with Crippen LogP contribution in [0.1, 0.15) is 18.1 Å². The minimum atomic E-state index is -3.34. The minimum absolute atomic E-state index is 0.0670. The van der Waals surface area contributed by atoms with Crippen LogP contribution in [-0.2, 0) is 15.8 Å². The average molecular weight is 264 g/mol. The fourth-order valence-corrected chi connectivity index (χ4v) is 2.73. The fraction of sp³-hybridized carbons (Fsp3) is 0.308. The molecule has 0 unspecified atom stereocenters. The number of nitriles is 1. The van der Waals surface area contributed by atoms with Gasteiger partial charge < -0.3 is 0 Å². The Morgan fingerprint density at radius 1 is 1.39 bits per heavy atom. The van der Waals surface area contributed by atoms with E-state index in [0.29, 0.717) is 17.7 Å². The summed E-state index contributed by atoms with van der Waals surface area (Å²) in [5.74, 6) is -0.0670. The van der Waals surface area contributed by atoms with Crippen LogP contribution in [0.15, 0.2) is 36.4 Å². The van der Waals surface area contributed by atoms with Crippen LogP contribution in [0.4, 0.5) is 0 Å². The number of benzene rings is 1. The van der Waals surface area contributed by atoms with Crippen LogP contribution in [0, 0.1) is 11.3 Å². The molecule has 0 atom stereocenters. The van der Waals surface area contributed by atoms with Gasteiger partial charge in [-0.05, 0) is 24.6 Å². The van der Waals surface area contributed by atoms with E-state index in [4.69, 9.17) is 5.26 Å². The van der Waals surface area contributed by atoms with Gasteiger partial charge in [0.05, 0.1) is 17.4 Å². The molecule has 4 nitrogen and oxygen atoms in total. The van der Waals surface area contributed by atoms with Gasteiger partial charge in [-0.25, -0.2) is 12.7 Å². The summed E-state index contributed by atoms with van der Waals surface area (Å²) in [6, 6.07) is 8.54. The van der Waals surface area contributed by atoms with E-state index in [1.807, 2.05) is 6.07 Å². The third kappa shape index (κ3) is 3.99. The van der Waals surface area contributed by atoms with Crippen molar-refractivity contribution in [1.29, 1.82) is 5.26 Å². The lowest BCUT2D eigenvalue weighted by Crippen LogP contribution is -2.29. The third-order valence-electron chi connectivity index (χ3n) is 2.40. The summed E-state index contributed by atoms with van der Waals surface area (Å²) in [5.41, 5.74) is 1.98. The van der Waals surface area contributed by atoms with Gasteiger partial charge in [-0.15, -0.1) is 0 Å². The molecule has 0 aliphatic carbocycles. The summed E-state index contributed by atoms with van der Waals surface area (Å²) in [6.07, 6.45) is 0. The molecule has 1 aromatic rings. The number of nitrogens with zero attached hydrogens (tertiary/aromatic N) is 2. The number of sulfonamides is 1.